The van der Waals surface area contributed by atoms with Crippen LogP contribution in [0.25, 0.3) is 0 Å². The number of thioether (sulfide) groups is 1. The van der Waals surface area contributed by atoms with Crippen LogP contribution in [-0.2, 0) is 0 Å². The minimum absolute atomic E-state index is 0.269. The van der Waals surface area contributed by atoms with Crippen molar-refractivity contribution in [2.75, 3.05) is 30.0 Å². The van der Waals surface area contributed by atoms with Crippen LogP contribution in [0.15, 0.2) is 16.7 Å². The second-order valence-corrected chi connectivity index (χ2v) is 5.62. The fourth-order valence-corrected chi connectivity index (χ4v) is 2.62. The van der Waals surface area contributed by atoms with Crippen LogP contribution < -0.4 is 5.32 Å². The van der Waals surface area contributed by atoms with Gasteiger partial charge in [0.05, 0.1) is 9.50 Å². The summed E-state index contributed by atoms with van der Waals surface area (Å²) in [6, 6.07) is 1.82. The molecule has 0 saturated carbocycles. The van der Waals surface area contributed by atoms with E-state index in [4.69, 9.17) is 16.7 Å². The molecule has 0 atom stereocenters. The summed E-state index contributed by atoms with van der Waals surface area (Å²) in [5.74, 6) is 2.80. The van der Waals surface area contributed by atoms with Crippen molar-refractivity contribution < 1.29 is 5.11 Å². The molecule has 1 aromatic heterocycles. The maximum absolute atomic E-state index is 8.61. The molecule has 0 aliphatic heterocycles. The monoisotopic (exact) mass is 324 g/mol. The van der Waals surface area contributed by atoms with Crippen molar-refractivity contribution >= 4 is 45.1 Å². The summed E-state index contributed by atoms with van der Waals surface area (Å²) >= 11 is 11.0. The Morgan fingerprint density at radius 1 is 1.50 bits per heavy atom. The summed E-state index contributed by atoms with van der Waals surface area (Å²) in [4.78, 5) is 4.17. The molecule has 0 bridgehead atoms. The van der Waals surface area contributed by atoms with Gasteiger partial charge in [-0.3, -0.25) is 0 Å². The Morgan fingerprint density at radius 3 is 3.00 bits per heavy atom. The van der Waals surface area contributed by atoms with Crippen LogP contribution in [-0.4, -0.2) is 34.7 Å². The van der Waals surface area contributed by atoms with Crippen LogP contribution in [0.1, 0.15) is 6.42 Å². The lowest BCUT2D eigenvalue weighted by molar-refractivity contribution is 0.296. The third kappa shape index (κ3) is 5.39. The average molecular weight is 326 g/mol. The number of hydrogen-bond acceptors (Lipinski definition) is 4. The molecule has 6 heteroatoms. The molecule has 0 saturated heterocycles. The van der Waals surface area contributed by atoms with Gasteiger partial charge in [-0.2, -0.15) is 11.8 Å². The van der Waals surface area contributed by atoms with Gasteiger partial charge in [-0.1, -0.05) is 11.6 Å². The molecule has 90 valence electrons. The molecule has 16 heavy (non-hydrogen) atoms. The van der Waals surface area contributed by atoms with Gasteiger partial charge in [-0.25, -0.2) is 4.98 Å². The van der Waals surface area contributed by atoms with Crippen molar-refractivity contribution in [1.29, 1.82) is 0 Å². The molecule has 0 aliphatic carbocycles. The van der Waals surface area contributed by atoms with Gasteiger partial charge < -0.3 is 10.4 Å². The number of aliphatic hydroxyl groups is 1. The zero-order valence-electron chi connectivity index (χ0n) is 8.75. The van der Waals surface area contributed by atoms with Crippen molar-refractivity contribution in [1.82, 2.24) is 4.98 Å². The lowest BCUT2D eigenvalue weighted by Crippen LogP contribution is -2.06. The Balaban J connectivity index is 2.21. The third-order valence-corrected chi connectivity index (χ3v) is 3.67. The third-order valence-electron chi connectivity index (χ3n) is 1.79. The number of aliphatic hydroxyl groups excluding tert-OH is 1. The summed E-state index contributed by atoms with van der Waals surface area (Å²) in [6.07, 6.45) is 2.47. The lowest BCUT2D eigenvalue weighted by atomic mass is 10.4. The topological polar surface area (TPSA) is 45.1 Å². The minimum atomic E-state index is 0.269. The van der Waals surface area contributed by atoms with E-state index in [1.807, 2.05) is 17.8 Å². The molecule has 1 rings (SSSR count). The molecule has 0 radical (unpaired) electrons. The molecule has 0 amide bonds. The van der Waals surface area contributed by atoms with Crippen LogP contribution in [0.5, 0.6) is 0 Å². The molecule has 2 N–H and O–H groups in total. The number of nitrogens with one attached hydrogen (secondary N) is 1. The molecular weight excluding hydrogens is 312 g/mol. The second-order valence-electron chi connectivity index (χ2n) is 3.10. The lowest BCUT2D eigenvalue weighted by Gasteiger charge is -2.07. The fraction of sp³-hybridized carbons (Fsp3) is 0.500. The normalized spacial score (nSPS) is 10.4. The van der Waals surface area contributed by atoms with Crippen LogP contribution in [0.4, 0.5) is 5.82 Å². The number of nitrogens with zero attached hydrogens (tertiary/aromatic N) is 1. The summed E-state index contributed by atoms with van der Waals surface area (Å²) in [7, 11) is 0. The highest BCUT2D eigenvalue weighted by atomic mass is 79.9. The van der Waals surface area contributed by atoms with E-state index in [0.717, 1.165) is 34.8 Å². The van der Waals surface area contributed by atoms with E-state index in [9.17, 15) is 0 Å². The quantitative estimate of drug-likeness (QED) is 0.756. The van der Waals surface area contributed by atoms with Crippen LogP contribution in [0.2, 0.25) is 5.02 Å². The molecule has 0 aliphatic rings. The number of pyridine rings is 1. The van der Waals surface area contributed by atoms with Crippen LogP contribution >= 0.6 is 39.3 Å². The second kappa shape index (κ2) is 8.17. The summed E-state index contributed by atoms with van der Waals surface area (Å²) in [5, 5.41) is 12.4. The number of aromatic nitrogens is 1. The van der Waals surface area contributed by atoms with Crippen LogP contribution in [0.3, 0.4) is 0 Å². The predicted molar refractivity (Wildman–Crippen MR) is 74.5 cm³/mol. The van der Waals surface area contributed by atoms with Crippen molar-refractivity contribution in [2.45, 2.75) is 6.42 Å². The van der Waals surface area contributed by atoms with E-state index in [0.29, 0.717) is 5.02 Å². The van der Waals surface area contributed by atoms with E-state index < -0.39 is 0 Å². The van der Waals surface area contributed by atoms with Gasteiger partial charge in [0.2, 0.25) is 0 Å². The standard InChI is InChI=1S/C10H14BrClN2OS/c11-9-6-8(12)7-14-10(9)13-2-5-16-4-1-3-15/h6-7,15H,1-5H2,(H,13,14). The Hall–Kier alpha value is 0.0300. The Labute approximate surface area is 113 Å². The highest BCUT2D eigenvalue weighted by molar-refractivity contribution is 9.10. The molecular formula is C10H14BrClN2OS. The number of anilines is 1. The van der Waals surface area contributed by atoms with Gasteiger partial charge in [0, 0.05) is 25.1 Å². The van der Waals surface area contributed by atoms with E-state index in [1.165, 1.54) is 0 Å². The fourth-order valence-electron chi connectivity index (χ4n) is 1.05. The highest BCUT2D eigenvalue weighted by Gasteiger charge is 2.01. The van der Waals surface area contributed by atoms with Crippen molar-refractivity contribution in [3.05, 3.63) is 21.8 Å². The van der Waals surface area contributed by atoms with Gasteiger partial charge in [0.1, 0.15) is 5.82 Å². The maximum Gasteiger partial charge on any atom is 0.140 e. The first kappa shape index (κ1) is 14.1. The SMILES string of the molecule is OCCCSCCNc1ncc(Cl)cc1Br. The number of rotatable bonds is 7. The van der Waals surface area contributed by atoms with E-state index in [-0.39, 0.29) is 6.61 Å². The van der Waals surface area contributed by atoms with E-state index >= 15 is 0 Å². The smallest absolute Gasteiger partial charge is 0.140 e. The number of hydrogen-bond donors (Lipinski definition) is 2. The zero-order chi connectivity index (χ0) is 11.8. The molecule has 3 nitrogen and oxygen atoms in total. The van der Waals surface area contributed by atoms with Crippen molar-refractivity contribution in [2.24, 2.45) is 0 Å². The van der Waals surface area contributed by atoms with Gasteiger partial charge >= 0.3 is 0 Å². The minimum Gasteiger partial charge on any atom is -0.396 e. The molecule has 0 aromatic carbocycles. The van der Waals surface area contributed by atoms with Crippen molar-refractivity contribution in [3.8, 4) is 0 Å². The van der Waals surface area contributed by atoms with E-state index in [1.54, 1.807) is 6.20 Å². The first-order chi connectivity index (χ1) is 7.74. The van der Waals surface area contributed by atoms with E-state index in [2.05, 4.69) is 26.2 Å². The first-order valence-electron chi connectivity index (χ1n) is 4.97. The largest absolute Gasteiger partial charge is 0.396 e. The van der Waals surface area contributed by atoms with Crippen LogP contribution in [0, 0.1) is 0 Å². The summed E-state index contributed by atoms with van der Waals surface area (Å²) in [5.41, 5.74) is 0. The Bertz CT molecular complexity index is 328. The molecule has 0 spiro atoms. The first-order valence-corrected chi connectivity index (χ1v) is 7.30. The highest BCUT2D eigenvalue weighted by Crippen LogP contribution is 2.22. The average Bonchev–Trinajstić information content (AvgIpc) is 2.26. The summed E-state index contributed by atoms with van der Waals surface area (Å²) < 4.78 is 0.875. The van der Waals surface area contributed by atoms with Gasteiger partial charge in [-0.05, 0) is 34.2 Å². The molecule has 0 unspecified atom stereocenters. The van der Waals surface area contributed by atoms with Gasteiger partial charge in [0.25, 0.3) is 0 Å². The van der Waals surface area contributed by atoms with Gasteiger partial charge in [-0.15, -0.1) is 0 Å². The van der Waals surface area contributed by atoms with Gasteiger partial charge in [0.15, 0.2) is 0 Å². The summed E-state index contributed by atoms with van der Waals surface area (Å²) in [6.45, 7) is 1.12. The van der Waals surface area contributed by atoms with Crippen molar-refractivity contribution in [3.63, 3.8) is 0 Å². The zero-order valence-corrected chi connectivity index (χ0v) is 11.9. The molecule has 1 aromatic rings. The molecule has 0 fully saturated rings. The molecule has 1 heterocycles. The predicted octanol–water partition coefficient (Wildman–Crippen LogP) is 3.03. The number of halogens is 2. The Morgan fingerprint density at radius 2 is 2.31 bits per heavy atom. The maximum atomic E-state index is 8.61. The Kier molecular flexibility index (Phi) is 7.20.